The summed E-state index contributed by atoms with van der Waals surface area (Å²) in [6, 6.07) is 19.0. The molecular weight excluding hydrogens is 450 g/mol. The minimum Gasteiger partial charge on any atom is -0.319 e. The maximum absolute atomic E-state index is 12.8. The number of aromatic nitrogens is 3. The van der Waals surface area contributed by atoms with Crippen LogP contribution in [0.2, 0.25) is 0 Å². The van der Waals surface area contributed by atoms with Crippen molar-refractivity contribution >= 4 is 33.0 Å². The molecule has 0 aliphatic carbocycles. The number of rotatable bonds is 7. The Bertz CT molecular complexity index is 1320. The molecule has 1 amide bonds. The summed E-state index contributed by atoms with van der Waals surface area (Å²) in [6.45, 7) is 0. The number of amides is 1. The minimum absolute atomic E-state index is 0.00642. The monoisotopic (exact) mass is 469 g/mol. The molecule has 0 aliphatic heterocycles. The summed E-state index contributed by atoms with van der Waals surface area (Å²) in [5.41, 5.74) is 1.18. The number of carbonyl (C=O) groups excluding carboxylic acids is 1. The van der Waals surface area contributed by atoms with Gasteiger partial charge in [0.1, 0.15) is 0 Å². The van der Waals surface area contributed by atoms with E-state index in [1.54, 1.807) is 4.68 Å². The molecule has 0 fully saturated rings. The average Bonchev–Trinajstić information content (AvgIpc) is 3.49. The van der Waals surface area contributed by atoms with Gasteiger partial charge in [0.05, 0.1) is 22.6 Å². The second kappa shape index (κ2) is 9.01. The van der Waals surface area contributed by atoms with Crippen molar-refractivity contribution in [2.24, 2.45) is 0 Å². The number of nitrogens with one attached hydrogen (secondary N) is 1. The Balaban J connectivity index is 1.60. The molecule has 2 aromatic heterocycles. The van der Waals surface area contributed by atoms with Gasteiger partial charge in [-0.1, -0.05) is 28.7 Å². The van der Waals surface area contributed by atoms with Crippen molar-refractivity contribution in [1.29, 1.82) is 0 Å². The fraction of sp³-hybridized carbons (Fsp3) is 0.0952. The Hall–Kier alpha value is -3.38. The van der Waals surface area contributed by atoms with Crippen molar-refractivity contribution in [1.82, 2.24) is 19.2 Å². The molecule has 2 heterocycles. The maximum Gasteiger partial charge on any atom is 0.295 e. The lowest BCUT2D eigenvalue weighted by Crippen LogP contribution is -2.25. The molecule has 0 atom stereocenters. The van der Waals surface area contributed by atoms with Gasteiger partial charge in [0, 0.05) is 12.7 Å². The van der Waals surface area contributed by atoms with Crippen molar-refractivity contribution in [3.8, 4) is 16.4 Å². The molecule has 9 nitrogen and oxygen atoms in total. The Kier molecular flexibility index (Phi) is 6.15. The van der Waals surface area contributed by atoms with Crippen LogP contribution in [0.4, 0.5) is 5.69 Å². The summed E-state index contributed by atoms with van der Waals surface area (Å²) in [5, 5.41) is 9.03. The van der Waals surface area contributed by atoms with Crippen LogP contribution in [-0.2, 0) is 14.9 Å². The van der Waals surface area contributed by atoms with Crippen LogP contribution in [-0.4, -0.2) is 47.7 Å². The highest BCUT2D eigenvalue weighted by Gasteiger charge is 2.22. The predicted octanol–water partition coefficient (Wildman–Crippen LogP) is 3.43. The smallest absolute Gasteiger partial charge is 0.295 e. The second-order valence-corrected chi connectivity index (χ2v) is 9.44. The number of para-hydroxylation sites is 1. The van der Waals surface area contributed by atoms with Crippen LogP contribution in [0.15, 0.2) is 77.0 Å². The molecule has 11 heteroatoms. The Labute approximate surface area is 188 Å². The summed E-state index contributed by atoms with van der Waals surface area (Å²) >= 11 is 1.50. The fourth-order valence-corrected chi connectivity index (χ4v) is 4.54. The third kappa shape index (κ3) is 4.32. The lowest BCUT2D eigenvalue weighted by molar-refractivity contribution is -0.0258. The molecule has 32 heavy (non-hydrogen) atoms. The quantitative estimate of drug-likeness (QED) is 0.416. The van der Waals surface area contributed by atoms with Crippen molar-refractivity contribution in [3.05, 3.63) is 77.9 Å². The average molecular weight is 470 g/mol. The summed E-state index contributed by atoms with van der Waals surface area (Å²) in [4.78, 5) is 22.9. The SMILES string of the molecule is CON(C)S(=O)(=O)c1ccc(NC(=O)c2nc(-c3cccs3)n(-c3ccccc3)n2)cc1. The zero-order chi connectivity index (χ0) is 22.7. The maximum atomic E-state index is 12.8. The van der Waals surface area contributed by atoms with Crippen molar-refractivity contribution < 1.29 is 18.0 Å². The highest BCUT2D eigenvalue weighted by Crippen LogP contribution is 2.26. The third-order valence-corrected chi connectivity index (χ3v) is 7.12. The minimum atomic E-state index is -3.77. The van der Waals surface area contributed by atoms with Gasteiger partial charge in [0.15, 0.2) is 5.82 Å². The van der Waals surface area contributed by atoms with Gasteiger partial charge in [-0.25, -0.2) is 18.1 Å². The van der Waals surface area contributed by atoms with E-state index in [1.807, 2.05) is 47.8 Å². The largest absolute Gasteiger partial charge is 0.319 e. The number of hydrogen-bond donors (Lipinski definition) is 1. The van der Waals surface area contributed by atoms with Gasteiger partial charge in [0.2, 0.25) is 5.82 Å². The normalized spacial score (nSPS) is 11.6. The van der Waals surface area contributed by atoms with Gasteiger partial charge in [0.25, 0.3) is 15.9 Å². The molecule has 164 valence electrons. The number of anilines is 1. The highest BCUT2D eigenvalue weighted by atomic mass is 32.2. The van der Waals surface area contributed by atoms with Crippen LogP contribution in [0.3, 0.4) is 0 Å². The van der Waals surface area contributed by atoms with E-state index in [0.717, 1.165) is 15.0 Å². The number of nitrogens with zero attached hydrogens (tertiary/aromatic N) is 4. The van der Waals surface area contributed by atoms with Crippen LogP contribution < -0.4 is 5.32 Å². The fourth-order valence-electron chi connectivity index (χ4n) is 2.87. The summed E-state index contributed by atoms with van der Waals surface area (Å²) < 4.78 is 27.0. The molecule has 0 aliphatic rings. The van der Waals surface area contributed by atoms with E-state index in [9.17, 15) is 13.2 Å². The van der Waals surface area contributed by atoms with E-state index in [1.165, 1.54) is 49.8 Å². The van der Waals surface area contributed by atoms with Crippen molar-refractivity contribution in [2.45, 2.75) is 4.90 Å². The standard InChI is InChI=1S/C21H19N5O4S2/c1-25(30-2)32(28,29)17-12-10-15(11-13-17)22-21(27)19-23-20(18-9-6-14-31-18)26(24-19)16-7-4-3-5-8-16/h3-14H,1-2H3,(H,22,27). The lowest BCUT2D eigenvalue weighted by atomic mass is 10.3. The van der Waals surface area contributed by atoms with E-state index in [2.05, 4.69) is 15.4 Å². The molecule has 0 saturated carbocycles. The topological polar surface area (TPSA) is 106 Å². The van der Waals surface area contributed by atoms with E-state index >= 15 is 0 Å². The number of hydroxylamine groups is 1. The Morgan fingerprint density at radius 1 is 1.06 bits per heavy atom. The number of benzene rings is 2. The van der Waals surface area contributed by atoms with Crippen LogP contribution in [0, 0.1) is 0 Å². The molecular formula is C21H19N5O4S2. The summed E-state index contributed by atoms with van der Waals surface area (Å²) in [7, 11) is -1.21. The third-order valence-electron chi connectivity index (χ3n) is 4.56. The molecule has 0 bridgehead atoms. The van der Waals surface area contributed by atoms with E-state index < -0.39 is 15.9 Å². The van der Waals surface area contributed by atoms with Crippen molar-refractivity contribution in [2.75, 3.05) is 19.5 Å². The number of thiophene rings is 1. The highest BCUT2D eigenvalue weighted by molar-refractivity contribution is 7.89. The lowest BCUT2D eigenvalue weighted by Gasteiger charge is -2.14. The molecule has 1 N–H and O–H groups in total. The van der Waals surface area contributed by atoms with Crippen LogP contribution in [0.25, 0.3) is 16.4 Å². The summed E-state index contributed by atoms with van der Waals surface area (Å²) in [5.74, 6) is 0.0376. The molecule has 4 rings (SSSR count). The second-order valence-electron chi connectivity index (χ2n) is 6.56. The molecule has 0 radical (unpaired) electrons. The van der Waals surface area contributed by atoms with E-state index in [4.69, 9.17) is 4.84 Å². The van der Waals surface area contributed by atoms with Gasteiger partial charge in [-0.15, -0.1) is 16.4 Å². The van der Waals surface area contributed by atoms with Crippen LogP contribution in [0.5, 0.6) is 0 Å². The zero-order valence-corrected chi connectivity index (χ0v) is 18.8. The Morgan fingerprint density at radius 3 is 2.41 bits per heavy atom. The summed E-state index contributed by atoms with van der Waals surface area (Å²) in [6.07, 6.45) is 0. The van der Waals surface area contributed by atoms with Gasteiger partial charge in [-0.05, 0) is 47.8 Å². The van der Waals surface area contributed by atoms with Crippen molar-refractivity contribution in [3.63, 3.8) is 0 Å². The van der Waals surface area contributed by atoms with E-state index in [0.29, 0.717) is 11.5 Å². The van der Waals surface area contributed by atoms with Gasteiger partial charge < -0.3 is 5.32 Å². The first-order chi connectivity index (χ1) is 15.4. The van der Waals surface area contributed by atoms with E-state index in [-0.39, 0.29) is 10.7 Å². The Morgan fingerprint density at radius 2 is 1.78 bits per heavy atom. The molecule has 4 aromatic rings. The molecule has 0 unspecified atom stereocenters. The first kappa shape index (κ1) is 21.8. The first-order valence-corrected chi connectivity index (χ1v) is 11.7. The number of sulfonamides is 1. The molecule has 0 spiro atoms. The molecule has 2 aromatic carbocycles. The number of carbonyl (C=O) groups is 1. The first-order valence-electron chi connectivity index (χ1n) is 9.41. The number of hydrogen-bond acceptors (Lipinski definition) is 7. The van der Waals surface area contributed by atoms with Crippen LogP contribution in [0.1, 0.15) is 10.6 Å². The van der Waals surface area contributed by atoms with Gasteiger partial charge in [-0.2, -0.15) is 0 Å². The zero-order valence-electron chi connectivity index (χ0n) is 17.2. The molecule has 0 saturated heterocycles. The predicted molar refractivity (Wildman–Crippen MR) is 121 cm³/mol. The van der Waals surface area contributed by atoms with Gasteiger partial charge in [-0.3, -0.25) is 9.63 Å². The van der Waals surface area contributed by atoms with Gasteiger partial charge >= 0.3 is 0 Å². The van der Waals surface area contributed by atoms with Crippen LogP contribution >= 0.6 is 11.3 Å².